The summed E-state index contributed by atoms with van der Waals surface area (Å²) in [5.74, 6) is 0.793. The fraction of sp³-hybridized carbons (Fsp3) is 0.379. The van der Waals surface area contributed by atoms with E-state index in [-0.39, 0.29) is 37.4 Å². The van der Waals surface area contributed by atoms with E-state index in [4.69, 9.17) is 9.15 Å². The lowest BCUT2D eigenvalue weighted by atomic mass is 10.1. The Hall–Kier alpha value is -3.65. The van der Waals surface area contributed by atoms with Gasteiger partial charge in [0, 0.05) is 32.0 Å². The van der Waals surface area contributed by atoms with Crippen LogP contribution in [0.15, 0.2) is 59.0 Å². The monoisotopic (exact) mass is 509 g/mol. The summed E-state index contributed by atoms with van der Waals surface area (Å²) in [4.78, 5) is 29.9. The number of urea groups is 1. The molecule has 198 valence electrons. The number of nitrogens with one attached hydrogen (secondary N) is 1. The van der Waals surface area contributed by atoms with E-state index in [1.54, 1.807) is 17.0 Å². The summed E-state index contributed by atoms with van der Waals surface area (Å²) in [6, 6.07) is 15.0. The number of nitrogens with zero attached hydrogens (tertiary/aromatic N) is 2. The van der Waals surface area contributed by atoms with Gasteiger partial charge < -0.3 is 24.3 Å². The van der Waals surface area contributed by atoms with Crippen molar-refractivity contribution < 1.29 is 23.1 Å². The topological polar surface area (TPSA) is 75.0 Å². The van der Waals surface area contributed by atoms with Crippen LogP contribution < -0.4 is 5.32 Å². The molecule has 8 heteroatoms. The van der Waals surface area contributed by atoms with Gasteiger partial charge in [0.2, 0.25) is 5.91 Å². The molecule has 3 amide bonds. The zero-order valence-corrected chi connectivity index (χ0v) is 22.1. The number of carbonyl (C=O) groups is 2. The Bertz CT molecular complexity index is 1180. The highest BCUT2D eigenvalue weighted by molar-refractivity contribution is 5.92. The first-order valence-corrected chi connectivity index (χ1v) is 12.5. The normalized spacial score (nSPS) is 10.8. The number of amides is 3. The Balaban J connectivity index is 1.77. The van der Waals surface area contributed by atoms with Crippen molar-refractivity contribution in [3.8, 4) is 0 Å². The molecular weight excluding hydrogens is 473 g/mol. The van der Waals surface area contributed by atoms with Gasteiger partial charge in [0.15, 0.2) is 0 Å². The molecule has 3 aromatic rings. The third kappa shape index (κ3) is 8.75. The molecule has 0 unspecified atom stereocenters. The molecule has 0 spiro atoms. The van der Waals surface area contributed by atoms with Crippen LogP contribution in [-0.4, -0.2) is 48.0 Å². The predicted octanol–water partition coefficient (Wildman–Crippen LogP) is 5.83. The van der Waals surface area contributed by atoms with E-state index in [2.05, 4.69) is 5.32 Å². The van der Waals surface area contributed by atoms with E-state index in [9.17, 15) is 14.0 Å². The SMILES string of the molecule is CCOCCCN(CC(=O)N(Cc1ccc(F)cc1)Cc1ccc(C)o1)C(=O)Nc1ccc(C)c(C)c1. The Kier molecular flexibility index (Phi) is 10.3. The number of hydrogen-bond donors (Lipinski definition) is 1. The second-order valence-electron chi connectivity index (χ2n) is 9.09. The number of benzene rings is 2. The molecule has 37 heavy (non-hydrogen) atoms. The Morgan fingerprint density at radius 3 is 2.35 bits per heavy atom. The molecule has 0 aliphatic rings. The average molecular weight is 510 g/mol. The minimum absolute atomic E-state index is 0.121. The number of ether oxygens (including phenoxy) is 1. The van der Waals surface area contributed by atoms with Crippen LogP contribution in [0.3, 0.4) is 0 Å². The van der Waals surface area contributed by atoms with Crippen LogP contribution in [0.4, 0.5) is 14.9 Å². The minimum Gasteiger partial charge on any atom is -0.464 e. The van der Waals surface area contributed by atoms with Gasteiger partial charge in [-0.3, -0.25) is 4.79 Å². The third-order valence-electron chi connectivity index (χ3n) is 6.07. The third-order valence-corrected chi connectivity index (χ3v) is 6.07. The van der Waals surface area contributed by atoms with E-state index >= 15 is 0 Å². The highest BCUT2D eigenvalue weighted by Crippen LogP contribution is 2.17. The Labute approximate surface area is 218 Å². The van der Waals surface area contributed by atoms with Crippen LogP contribution in [0.25, 0.3) is 0 Å². The van der Waals surface area contributed by atoms with Crippen molar-refractivity contribution in [1.29, 1.82) is 0 Å². The lowest BCUT2D eigenvalue weighted by Crippen LogP contribution is -2.44. The lowest BCUT2D eigenvalue weighted by molar-refractivity contribution is -0.133. The van der Waals surface area contributed by atoms with Gasteiger partial charge in [-0.2, -0.15) is 0 Å². The molecule has 0 atom stereocenters. The van der Waals surface area contributed by atoms with Crippen molar-refractivity contribution in [2.24, 2.45) is 0 Å². The molecule has 0 aliphatic heterocycles. The van der Waals surface area contributed by atoms with E-state index in [1.807, 2.05) is 58.0 Å². The lowest BCUT2D eigenvalue weighted by Gasteiger charge is -2.27. The summed E-state index contributed by atoms with van der Waals surface area (Å²) in [7, 11) is 0. The maximum atomic E-state index is 13.5. The molecule has 0 fully saturated rings. The number of hydrogen-bond acceptors (Lipinski definition) is 4. The predicted molar refractivity (Wildman–Crippen MR) is 142 cm³/mol. The summed E-state index contributed by atoms with van der Waals surface area (Å²) in [5, 5.41) is 2.92. The van der Waals surface area contributed by atoms with Crippen molar-refractivity contribution in [3.63, 3.8) is 0 Å². The molecule has 7 nitrogen and oxygen atoms in total. The molecule has 0 saturated heterocycles. The Morgan fingerprint density at radius 2 is 1.70 bits per heavy atom. The molecule has 1 heterocycles. The van der Waals surface area contributed by atoms with Crippen LogP contribution >= 0.6 is 0 Å². The fourth-order valence-electron chi connectivity index (χ4n) is 3.84. The molecule has 1 N–H and O–H groups in total. The van der Waals surface area contributed by atoms with Gasteiger partial charge in [-0.15, -0.1) is 0 Å². The van der Waals surface area contributed by atoms with Crippen molar-refractivity contribution in [2.75, 3.05) is 31.6 Å². The van der Waals surface area contributed by atoms with E-state index in [0.29, 0.717) is 37.6 Å². The quantitative estimate of drug-likeness (QED) is 0.312. The number of anilines is 1. The smallest absolute Gasteiger partial charge is 0.322 e. The van der Waals surface area contributed by atoms with Gasteiger partial charge in [-0.05, 0) is 87.2 Å². The molecule has 0 radical (unpaired) electrons. The fourth-order valence-corrected chi connectivity index (χ4v) is 3.84. The van der Waals surface area contributed by atoms with Gasteiger partial charge in [-0.1, -0.05) is 18.2 Å². The molecule has 1 aromatic heterocycles. The maximum absolute atomic E-state index is 13.5. The van der Waals surface area contributed by atoms with E-state index < -0.39 is 0 Å². The zero-order chi connectivity index (χ0) is 26.8. The Morgan fingerprint density at radius 1 is 0.946 bits per heavy atom. The van der Waals surface area contributed by atoms with Gasteiger partial charge >= 0.3 is 6.03 Å². The summed E-state index contributed by atoms with van der Waals surface area (Å²) in [6.45, 7) is 9.54. The van der Waals surface area contributed by atoms with Crippen LogP contribution in [-0.2, 0) is 22.6 Å². The van der Waals surface area contributed by atoms with Crippen molar-refractivity contribution in [1.82, 2.24) is 9.80 Å². The van der Waals surface area contributed by atoms with Gasteiger partial charge in [0.05, 0.1) is 6.54 Å². The number of aryl methyl sites for hydroxylation is 3. The highest BCUT2D eigenvalue weighted by Gasteiger charge is 2.23. The van der Waals surface area contributed by atoms with Crippen molar-refractivity contribution >= 4 is 17.6 Å². The number of furan rings is 1. The second kappa shape index (κ2) is 13.6. The largest absolute Gasteiger partial charge is 0.464 e. The summed E-state index contributed by atoms with van der Waals surface area (Å²) in [5.41, 5.74) is 3.65. The summed E-state index contributed by atoms with van der Waals surface area (Å²) < 4.78 is 24.6. The van der Waals surface area contributed by atoms with Gasteiger partial charge in [-0.25, -0.2) is 9.18 Å². The number of halogens is 1. The average Bonchev–Trinajstić information content (AvgIpc) is 3.28. The molecule has 3 rings (SSSR count). The number of carbonyl (C=O) groups excluding carboxylic acids is 2. The van der Waals surface area contributed by atoms with Gasteiger partial charge in [0.25, 0.3) is 0 Å². The van der Waals surface area contributed by atoms with Crippen LogP contribution in [0.2, 0.25) is 0 Å². The highest BCUT2D eigenvalue weighted by atomic mass is 19.1. The van der Waals surface area contributed by atoms with E-state index in [1.165, 1.54) is 17.0 Å². The van der Waals surface area contributed by atoms with Gasteiger partial charge in [0.1, 0.15) is 23.9 Å². The second-order valence-corrected chi connectivity index (χ2v) is 9.09. The minimum atomic E-state index is -0.358. The first-order chi connectivity index (χ1) is 17.7. The first kappa shape index (κ1) is 27.9. The van der Waals surface area contributed by atoms with Crippen LogP contribution in [0, 0.1) is 26.6 Å². The van der Waals surface area contributed by atoms with Crippen LogP contribution in [0.1, 0.15) is 41.6 Å². The van der Waals surface area contributed by atoms with Crippen LogP contribution in [0.5, 0.6) is 0 Å². The molecule has 2 aromatic carbocycles. The zero-order valence-electron chi connectivity index (χ0n) is 22.1. The maximum Gasteiger partial charge on any atom is 0.322 e. The molecule has 0 bridgehead atoms. The van der Waals surface area contributed by atoms with Crippen molar-refractivity contribution in [3.05, 3.63) is 88.6 Å². The summed E-state index contributed by atoms with van der Waals surface area (Å²) >= 11 is 0. The standard InChI is InChI=1S/C29H36FN3O4/c1-5-36-16-6-15-32(29(35)31-26-13-7-21(2)22(3)17-26)20-28(34)33(19-27-14-8-23(4)37-27)18-24-9-11-25(30)12-10-24/h7-14,17H,5-6,15-16,18-20H2,1-4H3,(H,31,35). The molecule has 0 saturated carbocycles. The summed E-state index contributed by atoms with van der Waals surface area (Å²) in [6.07, 6.45) is 0.594. The first-order valence-electron chi connectivity index (χ1n) is 12.5. The molecule has 0 aliphatic carbocycles. The van der Waals surface area contributed by atoms with Crippen molar-refractivity contribution in [2.45, 2.75) is 47.2 Å². The number of rotatable bonds is 12. The van der Waals surface area contributed by atoms with E-state index in [0.717, 1.165) is 22.5 Å². The molecular formula is C29H36FN3O4.